The van der Waals surface area contributed by atoms with E-state index in [1.54, 1.807) is 54.6 Å². The molecule has 5 heteroatoms. The van der Waals surface area contributed by atoms with E-state index in [2.05, 4.69) is 5.16 Å². The van der Waals surface area contributed by atoms with Crippen LogP contribution in [0.5, 0.6) is 0 Å². The van der Waals surface area contributed by atoms with Crippen LogP contribution < -0.4 is 0 Å². The average Bonchev–Trinajstić information content (AvgIpc) is 3.01. The Morgan fingerprint density at radius 1 is 0.909 bits per heavy atom. The molecule has 0 aliphatic rings. The van der Waals surface area contributed by atoms with Gasteiger partial charge < -0.3 is 9.63 Å². The molecule has 112 valence electrons. The molecule has 0 bridgehead atoms. The third kappa shape index (κ3) is 2.63. The highest BCUT2D eigenvalue weighted by Crippen LogP contribution is 2.37. The van der Waals surface area contributed by atoms with Crippen molar-refractivity contribution < 1.29 is 18.4 Å². The molecule has 0 aliphatic heterocycles. The molecule has 0 aliphatic carbocycles. The first-order valence-electron chi connectivity index (χ1n) is 6.74. The smallest absolute Gasteiger partial charge is 0.298 e. The molecule has 0 fully saturated rings. The quantitative estimate of drug-likeness (QED) is 0.778. The summed E-state index contributed by atoms with van der Waals surface area (Å²) in [6, 6.07) is 17.4. The maximum absolute atomic E-state index is 13.2. The fourth-order valence-corrected chi connectivity index (χ4v) is 2.34. The molecule has 0 spiro atoms. The van der Waals surface area contributed by atoms with Crippen LogP contribution in [0.4, 0.5) is 8.78 Å². The lowest BCUT2D eigenvalue weighted by Gasteiger charge is -2.12. The van der Waals surface area contributed by atoms with Crippen LogP contribution in [-0.2, 0) is 0 Å². The molecular formula is C17H13F2NO2. The summed E-state index contributed by atoms with van der Waals surface area (Å²) in [5.74, 6) is -0.602. The topological polar surface area (TPSA) is 46.3 Å². The standard InChI is InChI=1S/C17H13F2NO2/c18-17(19)16-13(15(21)12-9-5-2-6-10-12)14(20-22-16)11-7-3-1-4-8-11/h1-10,15,17,21H. The van der Waals surface area contributed by atoms with E-state index in [-0.39, 0.29) is 11.3 Å². The highest BCUT2D eigenvalue weighted by Gasteiger charge is 2.29. The SMILES string of the molecule is OC(c1ccccc1)c1c(-c2ccccc2)noc1C(F)F. The van der Waals surface area contributed by atoms with Crippen molar-refractivity contribution in [2.45, 2.75) is 12.5 Å². The summed E-state index contributed by atoms with van der Waals surface area (Å²) in [5.41, 5.74) is 1.35. The minimum absolute atomic E-state index is 0.00685. The van der Waals surface area contributed by atoms with Crippen LogP contribution in [0.1, 0.15) is 29.4 Å². The minimum atomic E-state index is -2.85. The second-order valence-corrected chi connectivity index (χ2v) is 4.79. The predicted molar refractivity (Wildman–Crippen MR) is 77.4 cm³/mol. The van der Waals surface area contributed by atoms with Gasteiger partial charge in [0.15, 0.2) is 0 Å². The first kappa shape index (κ1) is 14.4. The van der Waals surface area contributed by atoms with Gasteiger partial charge in [0.05, 0.1) is 5.56 Å². The van der Waals surface area contributed by atoms with Crippen molar-refractivity contribution in [2.75, 3.05) is 0 Å². The van der Waals surface area contributed by atoms with Gasteiger partial charge in [-0.1, -0.05) is 65.8 Å². The van der Waals surface area contributed by atoms with E-state index in [4.69, 9.17) is 4.52 Å². The maximum Gasteiger partial charge on any atom is 0.298 e. The fourth-order valence-electron chi connectivity index (χ4n) is 2.34. The molecule has 0 saturated carbocycles. The molecule has 1 aromatic heterocycles. The van der Waals surface area contributed by atoms with Gasteiger partial charge in [0.2, 0.25) is 5.76 Å². The van der Waals surface area contributed by atoms with Crippen molar-refractivity contribution in [3.63, 3.8) is 0 Å². The lowest BCUT2D eigenvalue weighted by atomic mass is 9.96. The van der Waals surface area contributed by atoms with Gasteiger partial charge >= 0.3 is 0 Å². The third-order valence-electron chi connectivity index (χ3n) is 3.39. The Kier molecular flexibility index (Phi) is 3.98. The Balaban J connectivity index is 2.14. The van der Waals surface area contributed by atoms with Gasteiger partial charge in [-0.05, 0) is 5.56 Å². The summed E-state index contributed by atoms with van der Waals surface area (Å²) in [7, 11) is 0. The number of hydrogen-bond donors (Lipinski definition) is 1. The van der Waals surface area contributed by atoms with Crippen LogP contribution in [0.3, 0.4) is 0 Å². The maximum atomic E-state index is 13.2. The molecule has 3 nitrogen and oxygen atoms in total. The summed E-state index contributed by atoms with van der Waals surface area (Å²) in [4.78, 5) is 0. The van der Waals surface area contributed by atoms with E-state index >= 15 is 0 Å². The molecule has 0 amide bonds. The normalized spacial score (nSPS) is 12.5. The van der Waals surface area contributed by atoms with Crippen molar-refractivity contribution in [1.82, 2.24) is 5.16 Å². The number of aromatic nitrogens is 1. The van der Waals surface area contributed by atoms with E-state index in [0.29, 0.717) is 11.1 Å². The monoisotopic (exact) mass is 301 g/mol. The summed E-state index contributed by atoms with van der Waals surface area (Å²) in [6.07, 6.45) is -4.08. The summed E-state index contributed by atoms with van der Waals surface area (Å²) < 4.78 is 31.2. The zero-order chi connectivity index (χ0) is 15.5. The third-order valence-corrected chi connectivity index (χ3v) is 3.39. The van der Waals surface area contributed by atoms with E-state index in [1.165, 1.54) is 0 Å². The predicted octanol–water partition coefficient (Wildman–Crippen LogP) is 4.36. The van der Waals surface area contributed by atoms with Gasteiger partial charge in [-0.3, -0.25) is 0 Å². The van der Waals surface area contributed by atoms with Crippen molar-refractivity contribution in [3.8, 4) is 11.3 Å². The van der Waals surface area contributed by atoms with Crippen molar-refractivity contribution in [2.24, 2.45) is 0 Å². The number of benzene rings is 2. The molecule has 1 unspecified atom stereocenters. The van der Waals surface area contributed by atoms with Crippen molar-refractivity contribution in [1.29, 1.82) is 0 Å². The molecule has 0 radical (unpaired) electrons. The molecule has 1 heterocycles. The molecule has 3 aromatic rings. The second-order valence-electron chi connectivity index (χ2n) is 4.79. The van der Waals surface area contributed by atoms with Gasteiger partial charge in [0.25, 0.3) is 6.43 Å². The first-order valence-corrected chi connectivity index (χ1v) is 6.74. The molecule has 2 aromatic carbocycles. The van der Waals surface area contributed by atoms with E-state index in [1.807, 2.05) is 6.07 Å². The zero-order valence-electron chi connectivity index (χ0n) is 11.5. The second kappa shape index (κ2) is 6.07. The zero-order valence-corrected chi connectivity index (χ0v) is 11.5. The van der Waals surface area contributed by atoms with Crippen LogP contribution in [0.15, 0.2) is 65.2 Å². The van der Waals surface area contributed by atoms with E-state index in [0.717, 1.165) is 0 Å². The average molecular weight is 301 g/mol. The summed E-state index contributed by atoms with van der Waals surface area (Å²) >= 11 is 0. The lowest BCUT2D eigenvalue weighted by Crippen LogP contribution is -2.03. The van der Waals surface area contributed by atoms with Crippen LogP contribution in [-0.4, -0.2) is 10.3 Å². The number of rotatable bonds is 4. The highest BCUT2D eigenvalue weighted by atomic mass is 19.3. The molecule has 3 rings (SSSR count). The Labute approximate surface area is 125 Å². The van der Waals surface area contributed by atoms with Gasteiger partial charge in [-0.25, -0.2) is 8.78 Å². The first-order chi connectivity index (χ1) is 10.7. The largest absolute Gasteiger partial charge is 0.383 e. The van der Waals surface area contributed by atoms with Crippen LogP contribution in [0.25, 0.3) is 11.3 Å². The number of alkyl halides is 2. The molecule has 1 N–H and O–H groups in total. The molecule has 0 saturated heterocycles. The van der Waals surface area contributed by atoms with Gasteiger partial charge in [-0.2, -0.15) is 0 Å². The van der Waals surface area contributed by atoms with Gasteiger partial charge in [0, 0.05) is 5.56 Å². The minimum Gasteiger partial charge on any atom is -0.383 e. The Morgan fingerprint density at radius 3 is 2.09 bits per heavy atom. The van der Waals surface area contributed by atoms with Gasteiger partial charge in [-0.15, -0.1) is 0 Å². The number of nitrogens with zero attached hydrogens (tertiary/aromatic N) is 1. The van der Waals surface area contributed by atoms with E-state index in [9.17, 15) is 13.9 Å². The van der Waals surface area contributed by atoms with Gasteiger partial charge in [0.1, 0.15) is 11.8 Å². The number of halogens is 2. The Morgan fingerprint density at radius 2 is 1.50 bits per heavy atom. The fraction of sp³-hybridized carbons (Fsp3) is 0.118. The number of hydrogen-bond acceptors (Lipinski definition) is 3. The summed E-state index contributed by atoms with van der Waals surface area (Å²) in [6.45, 7) is 0. The van der Waals surface area contributed by atoms with Crippen LogP contribution in [0.2, 0.25) is 0 Å². The summed E-state index contributed by atoms with van der Waals surface area (Å²) in [5, 5.41) is 14.3. The van der Waals surface area contributed by atoms with Crippen molar-refractivity contribution in [3.05, 3.63) is 77.6 Å². The number of aliphatic hydroxyl groups is 1. The Hall–Kier alpha value is -2.53. The van der Waals surface area contributed by atoms with E-state index < -0.39 is 18.3 Å². The number of aliphatic hydroxyl groups excluding tert-OH is 1. The van der Waals surface area contributed by atoms with Crippen molar-refractivity contribution >= 4 is 0 Å². The van der Waals surface area contributed by atoms with Crippen LogP contribution >= 0.6 is 0 Å². The lowest BCUT2D eigenvalue weighted by molar-refractivity contribution is 0.105. The molecular weight excluding hydrogens is 288 g/mol. The Bertz CT molecular complexity index is 742. The van der Waals surface area contributed by atoms with Crippen LogP contribution in [0, 0.1) is 0 Å². The highest BCUT2D eigenvalue weighted by molar-refractivity contribution is 5.65. The molecule has 22 heavy (non-hydrogen) atoms. The molecule has 1 atom stereocenters.